The molecule has 2 heterocycles. The Morgan fingerprint density at radius 3 is 3.00 bits per heavy atom. The molecule has 0 radical (unpaired) electrons. The number of anilines is 1. The normalized spacial score (nSPS) is 12.9. The van der Waals surface area contributed by atoms with E-state index in [1.54, 1.807) is 29.5 Å². The molecule has 20 heavy (non-hydrogen) atoms. The smallest absolute Gasteiger partial charge is 0.251 e. The first-order chi connectivity index (χ1) is 9.63. The molecule has 0 aliphatic carbocycles. The molecule has 3 rings (SSSR count). The fourth-order valence-corrected chi connectivity index (χ4v) is 3.07. The van der Waals surface area contributed by atoms with Crippen LogP contribution in [0.1, 0.15) is 27.0 Å². The number of nitrogens with one attached hydrogen (secondary N) is 2. The van der Waals surface area contributed by atoms with E-state index in [9.17, 15) is 9.59 Å². The van der Waals surface area contributed by atoms with Crippen molar-refractivity contribution >= 4 is 28.8 Å². The number of benzene rings is 1. The number of hydrogen-bond donors (Lipinski definition) is 2. The van der Waals surface area contributed by atoms with Gasteiger partial charge in [0.05, 0.1) is 6.42 Å². The Hall–Kier alpha value is -2.14. The summed E-state index contributed by atoms with van der Waals surface area (Å²) in [5.41, 5.74) is 4.61. The molecule has 1 aliphatic heterocycles. The lowest BCUT2D eigenvalue weighted by Crippen LogP contribution is -2.22. The third-order valence-electron chi connectivity index (χ3n) is 3.39. The zero-order chi connectivity index (χ0) is 14.1. The Morgan fingerprint density at radius 2 is 2.25 bits per heavy atom. The van der Waals surface area contributed by atoms with Gasteiger partial charge in [0.15, 0.2) is 0 Å². The number of rotatable bonds is 3. The monoisotopic (exact) mass is 286 g/mol. The largest absolute Gasteiger partial charge is 0.348 e. The van der Waals surface area contributed by atoms with Crippen molar-refractivity contribution in [3.05, 3.63) is 51.2 Å². The van der Waals surface area contributed by atoms with Crippen LogP contribution >= 0.6 is 11.3 Å². The summed E-state index contributed by atoms with van der Waals surface area (Å²) < 4.78 is 0. The molecule has 4 nitrogen and oxygen atoms in total. The van der Waals surface area contributed by atoms with Crippen molar-refractivity contribution in [1.29, 1.82) is 0 Å². The SMILES string of the molecule is Cc1cscc1CNC(=O)c1ccc2c(c1)CC(=O)N2. The van der Waals surface area contributed by atoms with Gasteiger partial charge in [-0.3, -0.25) is 9.59 Å². The molecular weight excluding hydrogens is 272 g/mol. The maximum atomic E-state index is 12.1. The minimum atomic E-state index is -0.113. The van der Waals surface area contributed by atoms with Crippen molar-refractivity contribution in [2.24, 2.45) is 0 Å². The Kier molecular flexibility index (Phi) is 3.28. The summed E-state index contributed by atoms with van der Waals surface area (Å²) in [6, 6.07) is 5.30. The van der Waals surface area contributed by atoms with Gasteiger partial charge in [-0.2, -0.15) is 11.3 Å². The Morgan fingerprint density at radius 1 is 1.40 bits per heavy atom. The summed E-state index contributed by atoms with van der Waals surface area (Å²) in [5.74, 6) is -0.135. The van der Waals surface area contributed by atoms with E-state index in [2.05, 4.69) is 16.0 Å². The van der Waals surface area contributed by atoms with E-state index in [0.29, 0.717) is 18.5 Å². The molecule has 1 aromatic heterocycles. The Bertz CT molecular complexity index is 691. The zero-order valence-electron chi connectivity index (χ0n) is 11.0. The van der Waals surface area contributed by atoms with Gasteiger partial charge in [-0.1, -0.05) is 0 Å². The molecule has 0 atom stereocenters. The van der Waals surface area contributed by atoms with Crippen LogP contribution in [-0.2, 0) is 17.8 Å². The van der Waals surface area contributed by atoms with Gasteiger partial charge in [0.1, 0.15) is 0 Å². The molecule has 0 saturated carbocycles. The van der Waals surface area contributed by atoms with Crippen LogP contribution in [0.4, 0.5) is 5.69 Å². The van der Waals surface area contributed by atoms with E-state index in [1.807, 2.05) is 12.3 Å². The molecule has 0 spiro atoms. The van der Waals surface area contributed by atoms with Gasteiger partial charge in [0.25, 0.3) is 5.91 Å². The third-order valence-corrected chi connectivity index (χ3v) is 4.30. The van der Waals surface area contributed by atoms with Crippen LogP contribution in [0.15, 0.2) is 29.0 Å². The van der Waals surface area contributed by atoms with Crippen molar-refractivity contribution in [2.45, 2.75) is 19.9 Å². The predicted molar refractivity (Wildman–Crippen MR) is 79.0 cm³/mol. The van der Waals surface area contributed by atoms with Crippen molar-refractivity contribution in [3.8, 4) is 0 Å². The zero-order valence-corrected chi connectivity index (χ0v) is 11.8. The average molecular weight is 286 g/mol. The molecule has 2 aromatic rings. The Labute approximate surface area is 120 Å². The third kappa shape index (κ3) is 2.44. The van der Waals surface area contributed by atoms with Gasteiger partial charge < -0.3 is 10.6 Å². The number of carbonyl (C=O) groups excluding carboxylic acids is 2. The molecule has 0 unspecified atom stereocenters. The van der Waals surface area contributed by atoms with Crippen LogP contribution in [0.3, 0.4) is 0 Å². The summed E-state index contributed by atoms with van der Waals surface area (Å²) in [6.45, 7) is 2.56. The predicted octanol–water partition coefficient (Wildman–Crippen LogP) is 2.48. The number of hydrogen-bond acceptors (Lipinski definition) is 3. The standard InChI is InChI=1S/C15H14N2O2S/c1-9-7-20-8-12(9)6-16-15(19)10-2-3-13-11(4-10)5-14(18)17-13/h2-4,7-8H,5-6H2,1H3,(H,16,19)(H,17,18). The van der Waals surface area contributed by atoms with E-state index in [-0.39, 0.29) is 11.8 Å². The molecular formula is C15H14N2O2S. The van der Waals surface area contributed by atoms with Gasteiger partial charge >= 0.3 is 0 Å². The first-order valence-electron chi connectivity index (χ1n) is 6.36. The molecule has 0 bridgehead atoms. The maximum Gasteiger partial charge on any atom is 0.251 e. The van der Waals surface area contributed by atoms with Gasteiger partial charge in [-0.15, -0.1) is 0 Å². The van der Waals surface area contributed by atoms with Gasteiger partial charge in [-0.05, 0) is 52.6 Å². The van der Waals surface area contributed by atoms with Crippen LogP contribution < -0.4 is 10.6 Å². The lowest BCUT2D eigenvalue weighted by atomic mass is 10.1. The highest BCUT2D eigenvalue weighted by molar-refractivity contribution is 7.08. The molecule has 5 heteroatoms. The second-order valence-corrected chi connectivity index (χ2v) is 5.60. The van der Waals surface area contributed by atoms with Crippen LogP contribution in [0, 0.1) is 6.92 Å². The van der Waals surface area contributed by atoms with E-state index in [0.717, 1.165) is 16.8 Å². The van der Waals surface area contributed by atoms with Crippen molar-refractivity contribution < 1.29 is 9.59 Å². The minimum Gasteiger partial charge on any atom is -0.348 e. The fourth-order valence-electron chi connectivity index (χ4n) is 2.22. The van der Waals surface area contributed by atoms with E-state index < -0.39 is 0 Å². The summed E-state index contributed by atoms with van der Waals surface area (Å²) >= 11 is 1.63. The quantitative estimate of drug-likeness (QED) is 0.910. The first kappa shape index (κ1) is 12.9. The molecule has 0 fully saturated rings. The molecule has 102 valence electrons. The summed E-state index contributed by atoms with van der Waals surface area (Å²) in [6.07, 6.45) is 0.347. The number of fused-ring (bicyclic) bond motifs is 1. The first-order valence-corrected chi connectivity index (χ1v) is 7.30. The van der Waals surface area contributed by atoms with Crippen LogP contribution in [0.5, 0.6) is 0 Å². The lowest BCUT2D eigenvalue weighted by molar-refractivity contribution is -0.115. The van der Waals surface area contributed by atoms with E-state index in [1.165, 1.54) is 5.56 Å². The Balaban J connectivity index is 1.70. The number of carbonyl (C=O) groups is 2. The average Bonchev–Trinajstić information content (AvgIpc) is 2.99. The number of aryl methyl sites for hydroxylation is 1. The molecule has 1 aromatic carbocycles. The molecule has 1 aliphatic rings. The van der Waals surface area contributed by atoms with Crippen LogP contribution in [-0.4, -0.2) is 11.8 Å². The molecule has 2 N–H and O–H groups in total. The molecule has 2 amide bonds. The summed E-state index contributed by atoms with van der Waals surface area (Å²) in [7, 11) is 0. The van der Waals surface area contributed by atoms with E-state index in [4.69, 9.17) is 0 Å². The lowest BCUT2D eigenvalue weighted by Gasteiger charge is -2.06. The number of amides is 2. The second kappa shape index (κ2) is 5.09. The van der Waals surface area contributed by atoms with Crippen molar-refractivity contribution in [3.63, 3.8) is 0 Å². The second-order valence-electron chi connectivity index (χ2n) is 4.86. The van der Waals surface area contributed by atoms with Gasteiger partial charge in [0.2, 0.25) is 5.91 Å². The molecule has 0 saturated heterocycles. The van der Waals surface area contributed by atoms with Crippen molar-refractivity contribution in [1.82, 2.24) is 5.32 Å². The van der Waals surface area contributed by atoms with Crippen LogP contribution in [0.2, 0.25) is 0 Å². The topological polar surface area (TPSA) is 58.2 Å². The highest BCUT2D eigenvalue weighted by Crippen LogP contribution is 2.23. The summed E-state index contributed by atoms with van der Waals surface area (Å²) in [5, 5.41) is 9.77. The highest BCUT2D eigenvalue weighted by atomic mass is 32.1. The van der Waals surface area contributed by atoms with Crippen molar-refractivity contribution in [2.75, 3.05) is 5.32 Å². The fraction of sp³-hybridized carbons (Fsp3) is 0.200. The highest BCUT2D eigenvalue weighted by Gasteiger charge is 2.19. The number of thiophene rings is 1. The van der Waals surface area contributed by atoms with Crippen LogP contribution in [0.25, 0.3) is 0 Å². The van der Waals surface area contributed by atoms with Gasteiger partial charge in [-0.25, -0.2) is 0 Å². The maximum absolute atomic E-state index is 12.1. The minimum absolute atomic E-state index is 0.0218. The van der Waals surface area contributed by atoms with Gasteiger partial charge in [0, 0.05) is 17.8 Å². The van der Waals surface area contributed by atoms with E-state index >= 15 is 0 Å². The summed E-state index contributed by atoms with van der Waals surface area (Å²) in [4.78, 5) is 23.4.